The second-order valence-electron chi connectivity index (χ2n) is 17.6. The summed E-state index contributed by atoms with van der Waals surface area (Å²) in [6, 6.07) is 5.85. The van der Waals surface area contributed by atoms with Crippen LogP contribution in [0.1, 0.15) is 176 Å². The van der Waals surface area contributed by atoms with Crippen molar-refractivity contribution in [3.8, 4) is 0 Å². The Kier molecular flexibility index (Phi) is 14.9. The molecule has 46 heavy (non-hydrogen) atoms. The van der Waals surface area contributed by atoms with Crippen LogP contribution >= 0.6 is 0 Å². The molecule has 0 N–H and O–H groups in total. The van der Waals surface area contributed by atoms with Crippen LogP contribution in [-0.4, -0.2) is 0 Å². The van der Waals surface area contributed by atoms with Crippen molar-refractivity contribution < 1.29 is 4.39 Å². The molecule has 2 fully saturated rings. The molecular formula is C45H73F. The molecule has 1 aromatic carbocycles. The van der Waals surface area contributed by atoms with Crippen molar-refractivity contribution in [1.29, 1.82) is 0 Å². The lowest BCUT2D eigenvalue weighted by Gasteiger charge is -2.42. The van der Waals surface area contributed by atoms with Gasteiger partial charge in [0, 0.05) is 0 Å². The van der Waals surface area contributed by atoms with Crippen LogP contribution in [0.25, 0.3) is 0 Å². The molecule has 260 valence electrons. The molecule has 0 aliphatic heterocycles. The van der Waals surface area contributed by atoms with Crippen molar-refractivity contribution in [2.24, 2.45) is 40.4 Å². The zero-order valence-corrected chi connectivity index (χ0v) is 31.9. The number of hydrogen-bond acceptors (Lipinski definition) is 0. The molecular weight excluding hydrogens is 559 g/mol. The van der Waals surface area contributed by atoms with Gasteiger partial charge < -0.3 is 0 Å². The molecule has 0 saturated heterocycles. The highest BCUT2D eigenvalue weighted by molar-refractivity contribution is 5.34. The van der Waals surface area contributed by atoms with Gasteiger partial charge in [0.1, 0.15) is 5.82 Å². The van der Waals surface area contributed by atoms with Gasteiger partial charge in [0.2, 0.25) is 0 Å². The maximum atomic E-state index is 15.4. The summed E-state index contributed by atoms with van der Waals surface area (Å²) in [4.78, 5) is 0. The molecule has 0 amide bonds. The monoisotopic (exact) mass is 633 g/mol. The van der Waals surface area contributed by atoms with E-state index in [1.54, 1.807) is 6.07 Å². The average molecular weight is 633 g/mol. The zero-order valence-electron chi connectivity index (χ0n) is 31.9. The van der Waals surface area contributed by atoms with E-state index < -0.39 is 0 Å². The topological polar surface area (TPSA) is 0 Å². The van der Waals surface area contributed by atoms with Crippen molar-refractivity contribution in [3.05, 3.63) is 71.1 Å². The highest BCUT2D eigenvalue weighted by Crippen LogP contribution is 2.48. The summed E-state index contributed by atoms with van der Waals surface area (Å²) in [5.74, 6) is 3.94. The third-order valence-electron chi connectivity index (χ3n) is 12.6. The lowest BCUT2D eigenvalue weighted by Crippen LogP contribution is -2.31. The van der Waals surface area contributed by atoms with Crippen LogP contribution in [0.5, 0.6) is 0 Å². The van der Waals surface area contributed by atoms with E-state index in [0.29, 0.717) is 17.8 Å². The van der Waals surface area contributed by atoms with Crippen LogP contribution in [-0.2, 0) is 6.42 Å². The third-order valence-corrected chi connectivity index (χ3v) is 12.6. The van der Waals surface area contributed by atoms with Crippen molar-refractivity contribution in [2.75, 3.05) is 0 Å². The van der Waals surface area contributed by atoms with Crippen LogP contribution in [0.4, 0.5) is 4.39 Å². The van der Waals surface area contributed by atoms with Crippen LogP contribution in [0, 0.1) is 46.2 Å². The number of hydrogen-bond donors (Lipinski definition) is 0. The maximum Gasteiger partial charge on any atom is 0.126 e. The summed E-state index contributed by atoms with van der Waals surface area (Å²) >= 11 is 0. The molecule has 1 heteroatoms. The molecule has 4 unspecified atom stereocenters. The highest BCUT2D eigenvalue weighted by Gasteiger charge is 2.36. The van der Waals surface area contributed by atoms with E-state index in [2.05, 4.69) is 87.6 Å². The van der Waals surface area contributed by atoms with Gasteiger partial charge in [0.15, 0.2) is 0 Å². The number of benzene rings is 1. The van der Waals surface area contributed by atoms with Gasteiger partial charge in [-0.1, -0.05) is 144 Å². The average Bonchev–Trinajstić information content (AvgIpc) is 3.00. The second-order valence-corrected chi connectivity index (χ2v) is 17.6. The van der Waals surface area contributed by atoms with E-state index in [4.69, 9.17) is 0 Å². The van der Waals surface area contributed by atoms with Crippen molar-refractivity contribution in [2.45, 2.75) is 171 Å². The first-order chi connectivity index (χ1) is 21.7. The van der Waals surface area contributed by atoms with Gasteiger partial charge in [0.25, 0.3) is 0 Å². The summed E-state index contributed by atoms with van der Waals surface area (Å²) < 4.78 is 15.4. The Morgan fingerprint density at radius 3 is 2.22 bits per heavy atom. The number of unbranched alkanes of at least 4 members (excludes halogenated alkanes) is 2. The molecule has 0 nitrogen and oxygen atoms in total. The Labute approximate surface area is 286 Å². The fourth-order valence-electron chi connectivity index (χ4n) is 9.03. The minimum Gasteiger partial charge on any atom is -0.207 e. The first-order valence-electron chi connectivity index (χ1n) is 19.5. The van der Waals surface area contributed by atoms with Crippen LogP contribution in [0.3, 0.4) is 0 Å². The molecule has 0 bridgehead atoms. The Hall–Kier alpha value is -1.63. The van der Waals surface area contributed by atoms with Crippen LogP contribution in [0.15, 0.2) is 54.2 Å². The first-order valence-corrected chi connectivity index (χ1v) is 19.5. The van der Waals surface area contributed by atoms with E-state index in [0.717, 1.165) is 49.0 Å². The fraction of sp³-hybridized carbons (Fsp3) is 0.733. The van der Waals surface area contributed by atoms with E-state index in [1.807, 2.05) is 6.07 Å². The standard InChI is InChI=1S/C45H73F/c1-12-14-15-20-37-21-17-23-40(32(3)33(4)44(6,7)8)41(37)24-16-19-35-26-28-39(29-27-35)43-38(22-18-25-42(43)46)31-30-36(13-2)34(5)45(9,10)11/h13,18,22,25,34-35,37,39-41H,3-4,12,14-17,19-21,23-24,26-31H2,1-2,5-11H3/b36-13-. The lowest BCUT2D eigenvalue weighted by atomic mass is 9.63. The van der Waals surface area contributed by atoms with E-state index in [1.165, 1.54) is 99.3 Å². The Balaban J connectivity index is 1.61. The smallest absolute Gasteiger partial charge is 0.126 e. The minimum atomic E-state index is 0.0291. The number of rotatable bonds is 15. The van der Waals surface area contributed by atoms with Gasteiger partial charge in [-0.15, -0.1) is 0 Å². The Bertz CT molecular complexity index is 1130. The van der Waals surface area contributed by atoms with Gasteiger partial charge in [-0.3, -0.25) is 0 Å². The summed E-state index contributed by atoms with van der Waals surface area (Å²) in [5, 5.41) is 0. The van der Waals surface area contributed by atoms with Crippen molar-refractivity contribution in [3.63, 3.8) is 0 Å². The predicted octanol–water partition coefficient (Wildman–Crippen LogP) is 14.6. The first kappa shape index (κ1) is 38.8. The third kappa shape index (κ3) is 10.7. The van der Waals surface area contributed by atoms with E-state index in [9.17, 15) is 0 Å². The molecule has 1 aromatic rings. The maximum absolute atomic E-state index is 15.4. The second kappa shape index (κ2) is 17.7. The van der Waals surface area contributed by atoms with Gasteiger partial charge in [-0.2, -0.15) is 0 Å². The zero-order chi connectivity index (χ0) is 34.1. The van der Waals surface area contributed by atoms with Gasteiger partial charge in [-0.25, -0.2) is 4.39 Å². The Morgan fingerprint density at radius 1 is 0.913 bits per heavy atom. The number of aryl methyl sites for hydroxylation is 1. The largest absolute Gasteiger partial charge is 0.207 e. The van der Waals surface area contributed by atoms with Crippen molar-refractivity contribution >= 4 is 0 Å². The SMILES string of the molecule is C=C(C(=C)C(C)(C)C)C1CCCC(CCCCC)C1CCCC1CCC(c2c(F)cccc2CC/C(=C/C)C(C)C(C)(C)C)CC1. The van der Waals surface area contributed by atoms with Crippen LogP contribution < -0.4 is 0 Å². The minimum absolute atomic E-state index is 0.0291. The molecule has 0 aromatic heterocycles. The summed E-state index contributed by atoms with van der Waals surface area (Å²) in [6.45, 7) is 30.0. The van der Waals surface area contributed by atoms with Crippen molar-refractivity contribution in [1.82, 2.24) is 0 Å². The highest BCUT2D eigenvalue weighted by atomic mass is 19.1. The molecule has 3 rings (SSSR count). The molecule has 2 aliphatic carbocycles. The van der Waals surface area contributed by atoms with Gasteiger partial charge in [0.05, 0.1) is 0 Å². The van der Waals surface area contributed by atoms with Crippen LogP contribution in [0.2, 0.25) is 0 Å². The predicted molar refractivity (Wildman–Crippen MR) is 202 cm³/mol. The van der Waals surface area contributed by atoms with Gasteiger partial charge in [-0.05, 0) is 133 Å². The number of halogens is 1. The molecule has 4 atom stereocenters. The quantitative estimate of drug-likeness (QED) is 0.102. The van der Waals surface area contributed by atoms with E-state index >= 15 is 4.39 Å². The summed E-state index contributed by atoms with van der Waals surface area (Å²) in [5.41, 5.74) is 6.75. The van der Waals surface area contributed by atoms with Gasteiger partial charge >= 0.3 is 0 Å². The number of allylic oxidation sites excluding steroid dienone is 4. The molecule has 2 aliphatic rings. The molecule has 0 spiro atoms. The normalized spacial score (nSPS) is 25.3. The van der Waals surface area contributed by atoms with E-state index in [-0.39, 0.29) is 16.6 Å². The molecule has 2 saturated carbocycles. The summed E-state index contributed by atoms with van der Waals surface area (Å²) in [6.07, 6.45) is 22.6. The lowest BCUT2D eigenvalue weighted by molar-refractivity contribution is 0.146. The fourth-order valence-corrected chi connectivity index (χ4v) is 9.03. The summed E-state index contributed by atoms with van der Waals surface area (Å²) in [7, 11) is 0. The Morgan fingerprint density at radius 2 is 1.61 bits per heavy atom. The molecule has 0 heterocycles. The molecule has 0 radical (unpaired) electrons.